The predicted molar refractivity (Wildman–Crippen MR) is 130 cm³/mol. The van der Waals surface area contributed by atoms with Crippen LogP contribution in [0.5, 0.6) is 0 Å². The van der Waals surface area contributed by atoms with Gasteiger partial charge in [0.25, 0.3) is 0 Å². The Morgan fingerprint density at radius 2 is 1.94 bits per heavy atom. The van der Waals surface area contributed by atoms with Gasteiger partial charge in [0.1, 0.15) is 6.04 Å². The fourth-order valence-corrected chi connectivity index (χ4v) is 8.72. The van der Waals surface area contributed by atoms with Crippen molar-refractivity contribution in [3.63, 3.8) is 0 Å². The summed E-state index contributed by atoms with van der Waals surface area (Å²) in [4.78, 5) is 42.3. The van der Waals surface area contributed by atoms with Crippen molar-refractivity contribution in [2.75, 3.05) is 19.0 Å². The van der Waals surface area contributed by atoms with E-state index >= 15 is 0 Å². The number of aliphatic hydroxyl groups excluding tert-OH is 1. The van der Waals surface area contributed by atoms with Crippen LogP contribution >= 0.6 is 23.4 Å². The molecule has 3 amide bonds. The second kappa shape index (κ2) is 9.12. The lowest BCUT2D eigenvalue weighted by Gasteiger charge is -2.40. The van der Waals surface area contributed by atoms with Gasteiger partial charge in [-0.25, -0.2) is 0 Å². The smallest absolute Gasteiger partial charge is 0.248 e. The molecule has 3 aliphatic heterocycles. The minimum atomic E-state index is -0.777. The molecule has 1 aromatic carbocycles. The van der Waals surface area contributed by atoms with Gasteiger partial charge in [0.15, 0.2) is 0 Å². The largest absolute Gasteiger partial charge is 0.394 e. The lowest BCUT2D eigenvalue weighted by molar-refractivity contribution is -0.142. The minimum Gasteiger partial charge on any atom is -0.394 e. The highest BCUT2D eigenvalue weighted by molar-refractivity contribution is 8.02. The van der Waals surface area contributed by atoms with E-state index in [0.717, 1.165) is 6.42 Å². The molecule has 0 aliphatic carbocycles. The first kappa shape index (κ1) is 24.4. The highest BCUT2D eigenvalue weighted by atomic mass is 35.5. The molecule has 3 saturated heterocycles. The molecule has 9 heteroatoms. The Kier molecular flexibility index (Phi) is 6.73. The number of aliphatic hydroxyl groups is 1. The summed E-state index contributed by atoms with van der Waals surface area (Å²) < 4.78 is -0.708. The Bertz CT molecular complexity index is 942. The van der Waals surface area contributed by atoms with E-state index in [-0.39, 0.29) is 41.4 Å². The first-order valence-electron chi connectivity index (χ1n) is 11.5. The van der Waals surface area contributed by atoms with Gasteiger partial charge in [0.2, 0.25) is 17.7 Å². The zero-order chi connectivity index (χ0) is 24.1. The number of carbonyl (C=O) groups is 3. The van der Waals surface area contributed by atoms with E-state index in [0.29, 0.717) is 17.1 Å². The second-order valence-corrected chi connectivity index (χ2v) is 11.9. The number of thioether (sulfide) groups is 1. The van der Waals surface area contributed by atoms with Crippen LogP contribution in [0.3, 0.4) is 0 Å². The average molecular weight is 494 g/mol. The van der Waals surface area contributed by atoms with Crippen molar-refractivity contribution >= 4 is 46.8 Å². The Labute approximate surface area is 204 Å². The molecule has 4 rings (SSSR count). The lowest BCUT2D eigenvalue weighted by atomic mass is 9.66. The first-order valence-corrected chi connectivity index (χ1v) is 12.8. The van der Waals surface area contributed by atoms with E-state index in [2.05, 4.69) is 17.6 Å². The second-order valence-electron chi connectivity index (χ2n) is 9.87. The Balaban J connectivity index is 1.78. The maximum Gasteiger partial charge on any atom is 0.248 e. The van der Waals surface area contributed by atoms with Crippen molar-refractivity contribution in [2.24, 2.45) is 23.7 Å². The molecular formula is C24H32ClN3O4S. The van der Waals surface area contributed by atoms with Gasteiger partial charge in [-0.15, -0.1) is 11.8 Å². The predicted octanol–water partition coefficient (Wildman–Crippen LogP) is 2.77. The average Bonchev–Trinajstić information content (AvgIpc) is 3.36. The molecule has 180 valence electrons. The van der Waals surface area contributed by atoms with Crippen molar-refractivity contribution in [1.82, 2.24) is 10.2 Å². The Morgan fingerprint density at radius 1 is 1.27 bits per heavy atom. The van der Waals surface area contributed by atoms with Crippen LogP contribution in [-0.2, 0) is 14.4 Å². The van der Waals surface area contributed by atoms with Crippen LogP contribution in [0.25, 0.3) is 0 Å². The lowest BCUT2D eigenvalue weighted by Crippen LogP contribution is -2.57. The number of hydrogen-bond acceptors (Lipinski definition) is 5. The molecule has 3 N–H and O–H groups in total. The highest BCUT2D eigenvalue weighted by Crippen LogP contribution is 2.68. The molecule has 3 heterocycles. The molecule has 0 aromatic heterocycles. The molecule has 3 aliphatic rings. The van der Waals surface area contributed by atoms with Crippen LogP contribution in [0.1, 0.15) is 33.6 Å². The molecule has 7 atom stereocenters. The van der Waals surface area contributed by atoms with Crippen molar-refractivity contribution < 1.29 is 19.5 Å². The summed E-state index contributed by atoms with van der Waals surface area (Å²) in [6.45, 7) is 5.91. The van der Waals surface area contributed by atoms with Gasteiger partial charge in [-0.1, -0.05) is 32.4 Å². The number of amides is 3. The quantitative estimate of drug-likeness (QED) is 0.542. The van der Waals surface area contributed by atoms with E-state index in [1.165, 1.54) is 0 Å². The van der Waals surface area contributed by atoms with E-state index < -0.39 is 28.7 Å². The number of nitrogens with one attached hydrogen (secondary N) is 2. The van der Waals surface area contributed by atoms with Crippen LogP contribution in [0.4, 0.5) is 5.69 Å². The number of nitrogens with zero attached hydrogens (tertiary/aromatic N) is 1. The van der Waals surface area contributed by atoms with Gasteiger partial charge >= 0.3 is 0 Å². The SMILES string of the molecule is CNC(=O)[C@@H]1[C@H]2C(=O)N([C@@H](CO)CC(C)C)C(C(=O)Nc3ccc(Cl)cc3)C23S[C@@H]1CC3C. The van der Waals surface area contributed by atoms with Gasteiger partial charge in [-0.05, 0) is 48.9 Å². The van der Waals surface area contributed by atoms with Crippen LogP contribution < -0.4 is 10.6 Å². The number of rotatable bonds is 7. The van der Waals surface area contributed by atoms with Crippen LogP contribution in [-0.4, -0.2) is 63.5 Å². The Morgan fingerprint density at radius 3 is 2.52 bits per heavy atom. The van der Waals surface area contributed by atoms with E-state index in [4.69, 9.17) is 11.6 Å². The molecule has 1 aromatic rings. The summed E-state index contributed by atoms with van der Waals surface area (Å²) >= 11 is 7.62. The van der Waals surface area contributed by atoms with Crippen molar-refractivity contribution in [1.29, 1.82) is 0 Å². The zero-order valence-electron chi connectivity index (χ0n) is 19.4. The summed E-state index contributed by atoms with van der Waals surface area (Å²) in [5.41, 5.74) is 0.592. The number of benzene rings is 1. The first-order chi connectivity index (χ1) is 15.6. The standard InChI is InChI=1S/C24H32ClN3O4S/c1-12(2)9-16(11-29)28-20(22(31)27-15-7-5-14(25)6-8-15)24-13(3)10-17(33-24)18(21(30)26-4)19(24)23(28)32/h5-8,12-13,16-20,29H,9-11H2,1-4H3,(H,26,30)(H,27,31)/t13?,16-,17-,18+,19+,20?,24?/m1/s1. The molecule has 3 fully saturated rings. The summed E-state index contributed by atoms with van der Waals surface area (Å²) in [7, 11) is 1.59. The Hall–Kier alpha value is -1.77. The molecule has 2 bridgehead atoms. The summed E-state index contributed by atoms with van der Waals surface area (Å²) in [5.74, 6) is -1.39. The van der Waals surface area contributed by atoms with Crippen LogP contribution in [0.2, 0.25) is 5.02 Å². The minimum absolute atomic E-state index is 0.000410. The topological polar surface area (TPSA) is 98.7 Å². The molecule has 33 heavy (non-hydrogen) atoms. The monoisotopic (exact) mass is 493 g/mol. The number of likely N-dealkylation sites (tertiary alicyclic amines) is 1. The van der Waals surface area contributed by atoms with E-state index in [1.807, 2.05) is 13.8 Å². The van der Waals surface area contributed by atoms with Crippen LogP contribution in [0, 0.1) is 23.7 Å². The van der Waals surface area contributed by atoms with Crippen molar-refractivity contribution in [3.8, 4) is 0 Å². The zero-order valence-corrected chi connectivity index (χ0v) is 20.9. The number of fused-ring (bicyclic) bond motifs is 1. The van der Waals surface area contributed by atoms with Gasteiger partial charge in [0.05, 0.1) is 29.2 Å². The molecule has 1 spiro atoms. The highest BCUT2D eigenvalue weighted by Gasteiger charge is 2.76. The third-order valence-electron chi connectivity index (χ3n) is 7.44. The maximum absolute atomic E-state index is 14.0. The van der Waals surface area contributed by atoms with Gasteiger partial charge in [-0.3, -0.25) is 14.4 Å². The van der Waals surface area contributed by atoms with Gasteiger partial charge in [-0.2, -0.15) is 0 Å². The van der Waals surface area contributed by atoms with Crippen molar-refractivity contribution in [3.05, 3.63) is 29.3 Å². The molecular weight excluding hydrogens is 462 g/mol. The molecule has 7 nitrogen and oxygen atoms in total. The normalized spacial score (nSPS) is 33.4. The van der Waals surface area contributed by atoms with Crippen molar-refractivity contribution in [2.45, 2.75) is 55.7 Å². The number of hydrogen-bond donors (Lipinski definition) is 3. The van der Waals surface area contributed by atoms with E-state index in [1.54, 1.807) is 48.0 Å². The third-order valence-corrected chi connectivity index (χ3v) is 9.77. The maximum atomic E-state index is 14.0. The number of halogens is 1. The van der Waals surface area contributed by atoms with Gasteiger partial charge in [0, 0.05) is 23.0 Å². The number of anilines is 1. The van der Waals surface area contributed by atoms with Crippen LogP contribution in [0.15, 0.2) is 24.3 Å². The van der Waals surface area contributed by atoms with Gasteiger partial charge < -0.3 is 20.6 Å². The fraction of sp³-hybridized carbons (Fsp3) is 0.625. The summed E-state index contributed by atoms with van der Waals surface area (Å²) in [5, 5.41) is 16.5. The van der Waals surface area contributed by atoms with E-state index in [9.17, 15) is 19.5 Å². The summed E-state index contributed by atoms with van der Waals surface area (Å²) in [6.07, 6.45) is 1.35. The third kappa shape index (κ3) is 3.84. The fourth-order valence-electron chi connectivity index (χ4n) is 6.18. The number of carbonyl (C=O) groups excluding carboxylic acids is 3. The molecule has 0 saturated carbocycles. The molecule has 0 radical (unpaired) electrons. The summed E-state index contributed by atoms with van der Waals surface area (Å²) in [6, 6.07) is 5.59. The molecule has 3 unspecified atom stereocenters.